The Morgan fingerprint density at radius 3 is 2.41 bits per heavy atom. The maximum Gasteiger partial charge on any atom is 0.338 e. The average molecular weight is 559 g/mol. The Bertz CT molecular complexity index is 1230. The molecule has 6 heteroatoms. The number of ether oxygens (including phenoxy) is 2. The Hall–Kier alpha value is -2.70. The van der Waals surface area contributed by atoms with Gasteiger partial charge in [0.15, 0.2) is 0 Å². The second-order valence-electron chi connectivity index (χ2n) is 13.0. The van der Waals surface area contributed by atoms with Crippen molar-refractivity contribution in [2.45, 2.75) is 70.6 Å². The lowest BCUT2D eigenvalue weighted by Crippen LogP contribution is -2.48. The van der Waals surface area contributed by atoms with Crippen LogP contribution < -0.4 is 5.32 Å². The fraction of sp³-hybridized carbons (Fsp3) is 0.600. The normalized spacial score (nSPS) is 33.0. The minimum absolute atomic E-state index is 0.252. The van der Waals surface area contributed by atoms with Gasteiger partial charge in [0.25, 0.3) is 0 Å². The van der Waals surface area contributed by atoms with Gasteiger partial charge in [-0.3, -0.25) is 0 Å². The van der Waals surface area contributed by atoms with Crippen LogP contribution in [0.15, 0.2) is 59.7 Å². The quantitative estimate of drug-likeness (QED) is 0.278. The van der Waals surface area contributed by atoms with E-state index in [1.54, 1.807) is 0 Å². The summed E-state index contributed by atoms with van der Waals surface area (Å²) in [4.78, 5) is 29.8. The molecule has 1 N–H and O–H groups in total. The number of benzene rings is 1. The Morgan fingerprint density at radius 2 is 1.71 bits per heavy atom. The molecular formula is C35H46N2O4. The largest absolute Gasteiger partial charge is 0.455 e. The lowest BCUT2D eigenvalue weighted by molar-refractivity contribution is -0.160. The van der Waals surface area contributed by atoms with E-state index in [-0.39, 0.29) is 36.0 Å². The number of hydrogen-bond acceptors (Lipinski definition) is 6. The number of nitrogens with one attached hydrogen (secondary N) is 1. The van der Waals surface area contributed by atoms with Gasteiger partial charge in [-0.2, -0.15) is 0 Å². The predicted octanol–water partition coefficient (Wildman–Crippen LogP) is 5.70. The molecule has 0 heterocycles. The van der Waals surface area contributed by atoms with Crippen LogP contribution in [-0.4, -0.2) is 56.2 Å². The van der Waals surface area contributed by atoms with Crippen LogP contribution in [0.5, 0.6) is 0 Å². The maximum absolute atomic E-state index is 13.9. The van der Waals surface area contributed by atoms with E-state index in [0.29, 0.717) is 35.9 Å². The lowest BCUT2D eigenvalue weighted by atomic mass is 9.69. The summed E-state index contributed by atoms with van der Waals surface area (Å²) in [7, 11) is 4.01. The molecule has 8 atom stereocenters. The van der Waals surface area contributed by atoms with Gasteiger partial charge in [-0.15, -0.1) is 0 Å². The molecule has 6 rings (SSSR count). The number of fused-ring (bicyclic) bond motifs is 9. The molecule has 0 amide bonds. The molecule has 6 nitrogen and oxygen atoms in total. The van der Waals surface area contributed by atoms with Crippen LogP contribution in [0, 0.1) is 35.5 Å². The van der Waals surface area contributed by atoms with Crippen LogP contribution in [0.2, 0.25) is 0 Å². The molecule has 220 valence electrons. The topological polar surface area (TPSA) is 67.9 Å². The lowest BCUT2D eigenvalue weighted by Gasteiger charge is -2.42. The van der Waals surface area contributed by atoms with E-state index in [0.717, 1.165) is 55.3 Å². The van der Waals surface area contributed by atoms with Crippen LogP contribution in [0.1, 0.15) is 67.8 Å². The summed E-state index contributed by atoms with van der Waals surface area (Å²) in [6, 6.07) is 7.65. The first-order chi connectivity index (χ1) is 20.0. The molecule has 0 aliphatic heterocycles. The highest BCUT2D eigenvalue weighted by Crippen LogP contribution is 2.68. The third-order valence-electron chi connectivity index (χ3n) is 10.8. The monoisotopic (exact) mass is 558 g/mol. The highest BCUT2D eigenvalue weighted by atomic mass is 16.6. The van der Waals surface area contributed by atoms with Gasteiger partial charge in [-0.25, -0.2) is 9.59 Å². The summed E-state index contributed by atoms with van der Waals surface area (Å²) >= 11 is 0. The van der Waals surface area contributed by atoms with Crippen LogP contribution in [0.25, 0.3) is 0 Å². The maximum atomic E-state index is 13.9. The molecule has 4 fully saturated rings. The summed E-state index contributed by atoms with van der Waals surface area (Å²) < 4.78 is 12.9. The Morgan fingerprint density at radius 1 is 1.00 bits per heavy atom. The van der Waals surface area contributed by atoms with Gasteiger partial charge in [0.1, 0.15) is 12.2 Å². The number of esters is 2. The molecular weight excluding hydrogens is 512 g/mol. The first-order valence-corrected chi connectivity index (χ1v) is 15.9. The number of carbonyl (C=O) groups excluding carboxylic acids is 2. The minimum atomic E-state index is -0.380. The molecule has 4 saturated carbocycles. The zero-order valence-corrected chi connectivity index (χ0v) is 24.9. The average Bonchev–Trinajstić information content (AvgIpc) is 3.72. The van der Waals surface area contributed by atoms with Crippen LogP contribution in [-0.2, 0) is 20.8 Å². The zero-order valence-electron chi connectivity index (χ0n) is 24.9. The van der Waals surface area contributed by atoms with Gasteiger partial charge in [0.2, 0.25) is 0 Å². The van der Waals surface area contributed by atoms with Gasteiger partial charge >= 0.3 is 11.9 Å². The van der Waals surface area contributed by atoms with Crippen molar-refractivity contribution in [1.29, 1.82) is 0 Å². The molecule has 0 saturated heterocycles. The van der Waals surface area contributed by atoms with E-state index >= 15 is 0 Å². The summed E-state index contributed by atoms with van der Waals surface area (Å²) in [6.45, 7) is 4.76. The predicted molar refractivity (Wildman–Crippen MR) is 160 cm³/mol. The van der Waals surface area contributed by atoms with Crippen molar-refractivity contribution in [2.75, 3.05) is 27.2 Å². The van der Waals surface area contributed by atoms with Gasteiger partial charge in [0, 0.05) is 18.4 Å². The van der Waals surface area contributed by atoms with Crippen molar-refractivity contribution in [2.24, 2.45) is 35.5 Å². The third-order valence-corrected chi connectivity index (χ3v) is 10.8. The standard InChI is InChI=1S/C35H46N2O4/c1-4-37(3)18-10-13-22-11-6-5-7-14-26(22)34(38)40-32-28-20-29(31-24-17-16-23(19-24)30(28)31)33(32)41-35(39)27-15-9-8-12-25(27)21-36-2/h5-6,8-9,11-12,14-15,23-24,28-33,36H,4,7,10,13,16-21H2,1-3H3. The van der Waals surface area contributed by atoms with Crippen LogP contribution >= 0.6 is 0 Å². The molecule has 1 aromatic rings. The number of nitrogens with zero attached hydrogens (tertiary/aromatic N) is 1. The van der Waals surface area contributed by atoms with Crippen molar-refractivity contribution >= 4 is 11.9 Å². The van der Waals surface area contributed by atoms with Gasteiger partial charge < -0.3 is 19.7 Å². The molecule has 4 bridgehead atoms. The molecule has 41 heavy (non-hydrogen) atoms. The van der Waals surface area contributed by atoms with Crippen molar-refractivity contribution in [1.82, 2.24) is 10.2 Å². The van der Waals surface area contributed by atoms with Crippen molar-refractivity contribution in [3.05, 3.63) is 70.8 Å². The first kappa shape index (κ1) is 28.4. The summed E-state index contributed by atoms with van der Waals surface area (Å²) in [6.07, 6.45) is 14.9. The number of carbonyl (C=O) groups is 2. The van der Waals surface area contributed by atoms with E-state index in [1.807, 2.05) is 37.4 Å². The van der Waals surface area contributed by atoms with E-state index in [4.69, 9.17) is 9.47 Å². The van der Waals surface area contributed by atoms with Crippen LogP contribution in [0.3, 0.4) is 0 Å². The molecule has 5 aliphatic rings. The molecule has 5 aliphatic carbocycles. The number of allylic oxidation sites excluding steroid dienone is 4. The molecule has 0 spiro atoms. The Kier molecular flexibility index (Phi) is 8.50. The van der Waals surface area contributed by atoms with Crippen molar-refractivity contribution in [3.63, 3.8) is 0 Å². The first-order valence-electron chi connectivity index (χ1n) is 15.9. The highest BCUT2D eigenvalue weighted by Gasteiger charge is 2.68. The van der Waals surface area contributed by atoms with E-state index in [2.05, 4.69) is 42.4 Å². The van der Waals surface area contributed by atoms with Crippen molar-refractivity contribution in [3.8, 4) is 0 Å². The SMILES string of the molecule is CCN(C)CCCC1=CC=CCC=C1C(=O)OC1C2CC(C1OC(=O)c1ccccc1CNC)C1C3CCC(C3)C21. The summed E-state index contributed by atoms with van der Waals surface area (Å²) in [5, 5.41) is 3.16. The highest BCUT2D eigenvalue weighted by molar-refractivity contribution is 5.94. The van der Waals surface area contributed by atoms with Gasteiger partial charge in [-0.05, 0) is 113 Å². The van der Waals surface area contributed by atoms with Gasteiger partial charge in [0.05, 0.1) is 11.1 Å². The Labute approximate surface area is 245 Å². The molecule has 1 aromatic carbocycles. The zero-order chi connectivity index (χ0) is 28.5. The number of hydrogen-bond donors (Lipinski definition) is 1. The smallest absolute Gasteiger partial charge is 0.338 e. The van der Waals surface area contributed by atoms with Crippen molar-refractivity contribution < 1.29 is 19.1 Å². The van der Waals surface area contributed by atoms with E-state index in [1.165, 1.54) is 19.3 Å². The second kappa shape index (κ2) is 12.3. The van der Waals surface area contributed by atoms with E-state index < -0.39 is 0 Å². The molecule has 0 radical (unpaired) electrons. The second-order valence-corrected chi connectivity index (χ2v) is 13.0. The van der Waals surface area contributed by atoms with E-state index in [9.17, 15) is 9.59 Å². The molecule has 8 unspecified atom stereocenters. The summed E-state index contributed by atoms with van der Waals surface area (Å²) in [5.41, 5.74) is 3.25. The van der Waals surface area contributed by atoms with Crippen LogP contribution in [0.4, 0.5) is 0 Å². The third kappa shape index (κ3) is 5.46. The summed E-state index contributed by atoms with van der Waals surface area (Å²) in [5.74, 6) is 2.69. The number of rotatable bonds is 11. The molecule has 0 aromatic heterocycles. The minimum Gasteiger partial charge on any atom is -0.455 e. The Balaban J connectivity index is 1.22. The fourth-order valence-electron chi connectivity index (χ4n) is 9.02. The van der Waals surface area contributed by atoms with Gasteiger partial charge in [-0.1, -0.05) is 49.4 Å². The fourth-order valence-corrected chi connectivity index (χ4v) is 9.02.